The van der Waals surface area contributed by atoms with Crippen molar-refractivity contribution in [2.45, 2.75) is 45.3 Å². The summed E-state index contributed by atoms with van der Waals surface area (Å²) >= 11 is 0. The fraction of sp³-hybridized carbons (Fsp3) is 0.846. The van der Waals surface area contributed by atoms with E-state index in [1.54, 1.807) is 4.90 Å². The molecule has 20 heavy (non-hydrogen) atoms. The second kappa shape index (κ2) is 8.32. The third-order valence-electron chi connectivity index (χ3n) is 2.91. The molecule has 0 spiro atoms. The van der Waals surface area contributed by atoms with Crippen molar-refractivity contribution in [3.8, 4) is 0 Å². The summed E-state index contributed by atoms with van der Waals surface area (Å²) in [4.78, 5) is 24.6. The Morgan fingerprint density at radius 1 is 1.25 bits per heavy atom. The van der Waals surface area contributed by atoms with Crippen LogP contribution in [-0.4, -0.2) is 55.3 Å². The van der Waals surface area contributed by atoms with Crippen molar-refractivity contribution >= 4 is 24.5 Å². The highest BCUT2D eigenvalue weighted by Gasteiger charge is 2.26. The van der Waals surface area contributed by atoms with Gasteiger partial charge in [-0.3, -0.25) is 4.79 Å². The number of carbonyl (C=O) groups is 2. The number of hydrogen-bond donors (Lipinski definition) is 1. The van der Waals surface area contributed by atoms with Gasteiger partial charge >= 0.3 is 12.1 Å². The highest BCUT2D eigenvalue weighted by molar-refractivity contribution is 5.85. The van der Waals surface area contributed by atoms with Crippen LogP contribution in [0.25, 0.3) is 0 Å². The quantitative estimate of drug-likeness (QED) is 0.802. The Hall–Kier alpha value is -1.01. The normalized spacial score (nSPS) is 16.3. The Balaban J connectivity index is 0.00000361. The van der Waals surface area contributed by atoms with Crippen molar-refractivity contribution in [1.82, 2.24) is 10.2 Å². The number of methoxy groups -OCH3 is 1. The van der Waals surface area contributed by atoms with Gasteiger partial charge in [-0.1, -0.05) is 0 Å². The van der Waals surface area contributed by atoms with E-state index in [2.05, 4.69) is 10.1 Å². The Morgan fingerprint density at radius 3 is 2.25 bits per heavy atom. The van der Waals surface area contributed by atoms with Crippen LogP contribution in [0.3, 0.4) is 0 Å². The topological polar surface area (TPSA) is 67.9 Å². The average Bonchev–Trinajstić information content (AvgIpc) is 2.34. The summed E-state index contributed by atoms with van der Waals surface area (Å²) in [6, 6.07) is 0.248. The number of carbonyl (C=O) groups excluding carboxylic acids is 2. The second-order valence-electron chi connectivity index (χ2n) is 5.70. The zero-order valence-electron chi connectivity index (χ0n) is 12.6. The first-order valence-electron chi connectivity index (χ1n) is 6.60. The van der Waals surface area contributed by atoms with E-state index >= 15 is 0 Å². The first kappa shape index (κ1) is 19.0. The second-order valence-corrected chi connectivity index (χ2v) is 5.70. The SMILES string of the molecule is COC(=O)CNC1CCN(C(=O)OC(C)(C)C)CC1.Cl. The molecule has 0 saturated carbocycles. The van der Waals surface area contributed by atoms with Crippen molar-refractivity contribution in [1.29, 1.82) is 0 Å². The van der Waals surface area contributed by atoms with Crippen LogP contribution >= 0.6 is 12.4 Å². The molecule has 0 atom stereocenters. The molecule has 0 unspecified atom stereocenters. The van der Waals surface area contributed by atoms with E-state index in [1.165, 1.54) is 7.11 Å². The standard InChI is InChI=1S/C13H24N2O4.ClH/c1-13(2,3)19-12(17)15-7-5-10(6-8-15)14-9-11(16)18-4;/h10,14H,5-9H2,1-4H3;1H. The van der Waals surface area contributed by atoms with Gasteiger partial charge in [0.15, 0.2) is 0 Å². The summed E-state index contributed by atoms with van der Waals surface area (Å²) in [6.45, 7) is 7.08. The molecule has 1 amide bonds. The molecule has 0 aromatic carbocycles. The van der Waals surface area contributed by atoms with Gasteiger partial charge in [0, 0.05) is 19.1 Å². The molecule has 1 rings (SSSR count). The first-order chi connectivity index (χ1) is 8.81. The number of nitrogens with one attached hydrogen (secondary N) is 1. The molecule has 1 aliphatic heterocycles. The lowest BCUT2D eigenvalue weighted by Crippen LogP contribution is -2.47. The van der Waals surface area contributed by atoms with Crippen molar-refractivity contribution in [2.24, 2.45) is 0 Å². The smallest absolute Gasteiger partial charge is 0.410 e. The number of likely N-dealkylation sites (tertiary alicyclic amines) is 1. The monoisotopic (exact) mass is 308 g/mol. The fourth-order valence-corrected chi connectivity index (χ4v) is 1.89. The zero-order valence-corrected chi connectivity index (χ0v) is 13.4. The van der Waals surface area contributed by atoms with Crippen LogP contribution in [-0.2, 0) is 14.3 Å². The van der Waals surface area contributed by atoms with Crippen molar-refractivity contribution in [3.63, 3.8) is 0 Å². The van der Waals surface area contributed by atoms with Crippen LogP contribution in [0.2, 0.25) is 0 Å². The molecular weight excluding hydrogens is 284 g/mol. The van der Waals surface area contributed by atoms with E-state index in [0.717, 1.165) is 12.8 Å². The lowest BCUT2D eigenvalue weighted by atomic mass is 10.1. The van der Waals surface area contributed by atoms with Crippen LogP contribution in [0.1, 0.15) is 33.6 Å². The summed E-state index contributed by atoms with van der Waals surface area (Å²) in [5.74, 6) is -0.269. The highest BCUT2D eigenvalue weighted by atomic mass is 35.5. The molecular formula is C13H25ClN2O4. The minimum Gasteiger partial charge on any atom is -0.468 e. The number of esters is 1. The highest BCUT2D eigenvalue weighted by Crippen LogP contribution is 2.15. The van der Waals surface area contributed by atoms with E-state index in [1.807, 2.05) is 20.8 Å². The molecule has 1 N–H and O–H groups in total. The van der Waals surface area contributed by atoms with Gasteiger partial charge in [-0.2, -0.15) is 0 Å². The molecule has 0 aliphatic carbocycles. The minimum absolute atomic E-state index is 0. The lowest BCUT2D eigenvalue weighted by molar-refractivity contribution is -0.139. The van der Waals surface area contributed by atoms with Gasteiger partial charge in [0.1, 0.15) is 5.60 Å². The van der Waals surface area contributed by atoms with Gasteiger partial charge < -0.3 is 19.7 Å². The molecule has 1 aliphatic rings. The number of halogens is 1. The lowest BCUT2D eigenvalue weighted by Gasteiger charge is -2.33. The van der Waals surface area contributed by atoms with Gasteiger partial charge in [0.05, 0.1) is 13.7 Å². The maximum absolute atomic E-state index is 11.8. The summed E-state index contributed by atoms with van der Waals surface area (Å²) in [7, 11) is 1.37. The van der Waals surface area contributed by atoms with Gasteiger partial charge in [-0.15, -0.1) is 12.4 Å². The van der Waals surface area contributed by atoms with Crippen LogP contribution < -0.4 is 5.32 Å². The molecule has 6 nitrogen and oxygen atoms in total. The van der Waals surface area contributed by atoms with Gasteiger partial charge in [0.25, 0.3) is 0 Å². The maximum atomic E-state index is 11.8. The largest absolute Gasteiger partial charge is 0.468 e. The van der Waals surface area contributed by atoms with E-state index in [9.17, 15) is 9.59 Å². The van der Waals surface area contributed by atoms with Crippen LogP contribution in [0.15, 0.2) is 0 Å². The summed E-state index contributed by atoms with van der Waals surface area (Å²) in [6.07, 6.45) is 1.37. The zero-order chi connectivity index (χ0) is 14.5. The van der Waals surface area contributed by atoms with Crippen molar-refractivity contribution in [2.75, 3.05) is 26.7 Å². The number of piperidine rings is 1. The Labute approximate surface area is 126 Å². The first-order valence-corrected chi connectivity index (χ1v) is 6.60. The molecule has 118 valence electrons. The van der Waals surface area contributed by atoms with E-state index in [-0.39, 0.29) is 37.1 Å². The molecule has 0 aromatic heterocycles. The molecule has 0 bridgehead atoms. The van der Waals surface area contributed by atoms with Gasteiger partial charge in [-0.05, 0) is 33.6 Å². The third kappa shape index (κ3) is 6.96. The van der Waals surface area contributed by atoms with Crippen molar-refractivity contribution < 1.29 is 19.1 Å². The fourth-order valence-electron chi connectivity index (χ4n) is 1.89. The Kier molecular flexibility index (Phi) is 7.90. The maximum Gasteiger partial charge on any atom is 0.410 e. The average molecular weight is 309 g/mol. The number of rotatable bonds is 3. The summed E-state index contributed by atoms with van der Waals surface area (Å²) in [5, 5.41) is 3.13. The molecule has 1 saturated heterocycles. The molecule has 0 aromatic rings. The Morgan fingerprint density at radius 2 is 1.80 bits per heavy atom. The summed E-state index contributed by atoms with van der Waals surface area (Å²) < 4.78 is 9.89. The molecule has 1 fully saturated rings. The van der Waals surface area contributed by atoms with E-state index in [0.29, 0.717) is 13.1 Å². The van der Waals surface area contributed by atoms with Gasteiger partial charge in [-0.25, -0.2) is 4.79 Å². The van der Waals surface area contributed by atoms with Crippen LogP contribution in [0.5, 0.6) is 0 Å². The molecule has 1 heterocycles. The van der Waals surface area contributed by atoms with E-state index < -0.39 is 5.60 Å². The molecule has 7 heteroatoms. The number of amides is 1. The predicted octanol–water partition coefficient (Wildman–Crippen LogP) is 1.57. The van der Waals surface area contributed by atoms with Gasteiger partial charge in [0.2, 0.25) is 0 Å². The summed E-state index contributed by atoms with van der Waals surface area (Å²) in [5.41, 5.74) is -0.461. The molecule has 0 radical (unpaired) electrons. The van der Waals surface area contributed by atoms with Crippen LogP contribution in [0, 0.1) is 0 Å². The number of hydrogen-bond acceptors (Lipinski definition) is 5. The minimum atomic E-state index is -0.461. The predicted molar refractivity (Wildman–Crippen MR) is 78.1 cm³/mol. The van der Waals surface area contributed by atoms with Crippen LogP contribution in [0.4, 0.5) is 4.79 Å². The number of ether oxygens (including phenoxy) is 2. The van der Waals surface area contributed by atoms with Crippen molar-refractivity contribution in [3.05, 3.63) is 0 Å². The Bertz CT molecular complexity index is 323. The number of nitrogens with zero attached hydrogens (tertiary/aromatic N) is 1. The van der Waals surface area contributed by atoms with E-state index in [4.69, 9.17) is 4.74 Å². The third-order valence-corrected chi connectivity index (χ3v) is 2.91.